The van der Waals surface area contributed by atoms with Crippen LogP contribution in [0, 0.1) is 0 Å². The molecule has 1 aliphatic rings. The Morgan fingerprint density at radius 1 is 1.13 bits per heavy atom. The van der Waals surface area contributed by atoms with Gasteiger partial charge < -0.3 is 19.5 Å². The zero-order valence-electron chi connectivity index (χ0n) is 18.1. The predicted molar refractivity (Wildman–Crippen MR) is 118 cm³/mol. The van der Waals surface area contributed by atoms with Gasteiger partial charge in [0.05, 0.1) is 25.1 Å². The Hall–Kier alpha value is -2.94. The molecule has 0 aromatic heterocycles. The maximum atomic E-state index is 13.1. The van der Waals surface area contributed by atoms with Gasteiger partial charge in [-0.3, -0.25) is 9.10 Å². The summed E-state index contributed by atoms with van der Waals surface area (Å²) < 4.78 is 42.6. The zero-order chi connectivity index (χ0) is 22.6. The minimum absolute atomic E-state index is 0.304. The van der Waals surface area contributed by atoms with Gasteiger partial charge in [0.15, 0.2) is 11.5 Å². The van der Waals surface area contributed by atoms with E-state index < -0.39 is 16.1 Å². The van der Waals surface area contributed by atoms with Gasteiger partial charge in [-0.25, -0.2) is 8.42 Å². The zero-order valence-corrected chi connectivity index (χ0v) is 18.9. The summed E-state index contributed by atoms with van der Waals surface area (Å²) in [5.74, 6) is 1.52. The van der Waals surface area contributed by atoms with Crippen LogP contribution in [0.25, 0.3) is 0 Å². The van der Waals surface area contributed by atoms with Crippen LogP contribution in [0.3, 0.4) is 0 Å². The largest absolute Gasteiger partial charge is 0.497 e. The second-order valence-electron chi connectivity index (χ2n) is 7.31. The number of sulfonamides is 1. The van der Waals surface area contributed by atoms with E-state index in [1.165, 1.54) is 7.11 Å². The van der Waals surface area contributed by atoms with Crippen molar-refractivity contribution in [3.63, 3.8) is 0 Å². The molecule has 0 unspecified atom stereocenters. The topological polar surface area (TPSA) is 94.2 Å². The predicted octanol–water partition coefficient (Wildman–Crippen LogP) is 2.89. The third-order valence-corrected chi connectivity index (χ3v) is 6.26. The molecule has 0 saturated heterocycles. The van der Waals surface area contributed by atoms with Gasteiger partial charge in [-0.05, 0) is 55.3 Å². The number of benzene rings is 2. The first-order valence-electron chi connectivity index (χ1n) is 10.1. The summed E-state index contributed by atoms with van der Waals surface area (Å²) in [6.45, 7) is 4.60. The number of rotatable bonds is 8. The van der Waals surface area contributed by atoms with E-state index in [2.05, 4.69) is 5.32 Å². The number of nitrogens with zero attached hydrogens (tertiary/aromatic N) is 1. The van der Waals surface area contributed by atoms with Gasteiger partial charge in [0.25, 0.3) is 0 Å². The summed E-state index contributed by atoms with van der Waals surface area (Å²) in [6.07, 6.45) is 1.40. The lowest BCUT2D eigenvalue weighted by atomic mass is 10.1. The number of amides is 1. The number of anilines is 1. The third-order valence-electron chi connectivity index (χ3n) is 5.08. The molecule has 2 atom stereocenters. The van der Waals surface area contributed by atoms with Crippen molar-refractivity contribution in [3.8, 4) is 17.2 Å². The van der Waals surface area contributed by atoms with Crippen LogP contribution in [0.15, 0.2) is 42.5 Å². The summed E-state index contributed by atoms with van der Waals surface area (Å²) in [5.41, 5.74) is 1.24. The van der Waals surface area contributed by atoms with E-state index in [-0.39, 0.29) is 11.9 Å². The fraction of sp³-hybridized carbons (Fsp3) is 0.409. The highest BCUT2D eigenvalue weighted by Gasteiger charge is 2.32. The lowest BCUT2D eigenvalue weighted by molar-refractivity contribution is -0.122. The van der Waals surface area contributed by atoms with E-state index in [1.54, 1.807) is 31.2 Å². The maximum Gasteiger partial charge on any atom is 0.244 e. The standard InChI is InChI=1S/C22H28N2O6S/c1-5-19(24(31(4,26)27)17-7-9-18(28-3)10-8-17)22(25)23-15(2)16-6-11-20-21(14-16)30-13-12-29-20/h6-11,14-15,19H,5,12-13H2,1-4H3,(H,23,25)/t15-,19+/m1/s1. The van der Waals surface area contributed by atoms with Gasteiger partial charge >= 0.3 is 0 Å². The van der Waals surface area contributed by atoms with Crippen molar-refractivity contribution in [1.29, 1.82) is 0 Å². The Bertz CT molecular complexity index is 1020. The number of nitrogens with one attached hydrogen (secondary N) is 1. The average Bonchev–Trinajstić information content (AvgIpc) is 2.76. The molecule has 0 fully saturated rings. The van der Waals surface area contributed by atoms with E-state index in [9.17, 15) is 13.2 Å². The molecule has 1 heterocycles. The van der Waals surface area contributed by atoms with Gasteiger partial charge in [-0.1, -0.05) is 13.0 Å². The van der Waals surface area contributed by atoms with Crippen molar-refractivity contribution >= 4 is 21.6 Å². The molecular formula is C22H28N2O6S. The number of carbonyl (C=O) groups excluding carboxylic acids is 1. The molecule has 1 aliphatic heterocycles. The summed E-state index contributed by atoms with van der Waals surface area (Å²) in [7, 11) is -2.18. The van der Waals surface area contributed by atoms with Gasteiger partial charge in [0, 0.05) is 0 Å². The lowest BCUT2D eigenvalue weighted by Crippen LogP contribution is -2.49. The van der Waals surface area contributed by atoms with Crippen molar-refractivity contribution < 1.29 is 27.4 Å². The molecule has 0 aliphatic carbocycles. The minimum atomic E-state index is -3.71. The first kappa shape index (κ1) is 22.7. The molecule has 0 radical (unpaired) electrons. The first-order chi connectivity index (χ1) is 14.7. The molecule has 0 saturated carbocycles. The van der Waals surface area contributed by atoms with Crippen molar-refractivity contribution in [3.05, 3.63) is 48.0 Å². The second-order valence-corrected chi connectivity index (χ2v) is 9.17. The van der Waals surface area contributed by atoms with Gasteiger partial charge in [-0.15, -0.1) is 0 Å². The van der Waals surface area contributed by atoms with Crippen molar-refractivity contribution in [2.24, 2.45) is 0 Å². The van der Waals surface area contributed by atoms with E-state index in [0.29, 0.717) is 42.6 Å². The fourth-order valence-corrected chi connectivity index (χ4v) is 4.72. The molecule has 31 heavy (non-hydrogen) atoms. The van der Waals surface area contributed by atoms with Gasteiger partial charge in [0.1, 0.15) is 25.0 Å². The molecule has 8 nitrogen and oxygen atoms in total. The highest BCUT2D eigenvalue weighted by atomic mass is 32.2. The SMILES string of the molecule is CC[C@@H](C(=O)N[C@H](C)c1ccc2c(c1)OCCO2)N(c1ccc(OC)cc1)S(C)(=O)=O. The molecular weight excluding hydrogens is 420 g/mol. The minimum Gasteiger partial charge on any atom is -0.497 e. The summed E-state index contributed by atoms with van der Waals surface area (Å²) in [6, 6.07) is 10.8. The molecule has 3 rings (SSSR count). The quantitative estimate of drug-likeness (QED) is 0.667. The number of methoxy groups -OCH3 is 1. The number of ether oxygens (including phenoxy) is 3. The van der Waals surface area contributed by atoms with Crippen LogP contribution in [0.1, 0.15) is 31.9 Å². The second kappa shape index (κ2) is 9.47. The Morgan fingerprint density at radius 2 is 1.77 bits per heavy atom. The third kappa shape index (κ3) is 5.22. The normalized spacial score (nSPS) is 15.0. The van der Waals surface area contributed by atoms with Crippen LogP contribution in [-0.2, 0) is 14.8 Å². The van der Waals surface area contributed by atoms with Crippen LogP contribution >= 0.6 is 0 Å². The number of hydrogen-bond acceptors (Lipinski definition) is 6. The highest BCUT2D eigenvalue weighted by Crippen LogP contribution is 2.33. The van der Waals surface area contributed by atoms with E-state index in [1.807, 2.05) is 25.1 Å². The van der Waals surface area contributed by atoms with Crippen molar-refractivity contribution in [2.75, 3.05) is 30.9 Å². The number of hydrogen-bond donors (Lipinski definition) is 1. The fourth-order valence-electron chi connectivity index (χ4n) is 3.51. The van der Waals surface area contributed by atoms with Gasteiger partial charge in [-0.2, -0.15) is 0 Å². The highest BCUT2D eigenvalue weighted by molar-refractivity contribution is 7.92. The Balaban J connectivity index is 1.82. The summed E-state index contributed by atoms with van der Waals surface area (Å²) >= 11 is 0. The maximum absolute atomic E-state index is 13.1. The van der Waals surface area contributed by atoms with Gasteiger partial charge in [0.2, 0.25) is 15.9 Å². The Labute approximate surface area is 183 Å². The molecule has 2 aromatic carbocycles. The van der Waals surface area contributed by atoms with E-state index >= 15 is 0 Å². The summed E-state index contributed by atoms with van der Waals surface area (Å²) in [5, 5.41) is 2.93. The first-order valence-corrected chi connectivity index (χ1v) is 11.9. The molecule has 168 valence electrons. The Morgan fingerprint density at radius 3 is 2.35 bits per heavy atom. The summed E-state index contributed by atoms with van der Waals surface area (Å²) in [4.78, 5) is 13.1. The van der Waals surface area contributed by atoms with Crippen LogP contribution in [0.2, 0.25) is 0 Å². The smallest absolute Gasteiger partial charge is 0.244 e. The molecule has 1 amide bonds. The number of fused-ring (bicyclic) bond motifs is 1. The van der Waals surface area contributed by atoms with Crippen molar-refractivity contribution in [2.45, 2.75) is 32.4 Å². The average molecular weight is 449 g/mol. The number of carbonyl (C=O) groups is 1. The molecule has 9 heteroatoms. The van der Waals surface area contributed by atoms with E-state index in [4.69, 9.17) is 14.2 Å². The van der Waals surface area contributed by atoms with Crippen LogP contribution in [0.4, 0.5) is 5.69 Å². The molecule has 0 bridgehead atoms. The Kier molecular flexibility index (Phi) is 6.94. The van der Waals surface area contributed by atoms with Crippen LogP contribution in [-0.4, -0.2) is 46.9 Å². The van der Waals surface area contributed by atoms with Crippen LogP contribution < -0.4 is 23.8 Å². The van der Waals surface area contributed by atoms with Crippen molar-refractivity contribution in [1.82, 2.24) is 5.32 Å². The van der Waals surface area contributed by atoms with E-state index in [0.717, 1.165) is 16.1 Å². The molecule has 1 N–H and O–H groups in total. The monoisotopic (exact) mass is 448 g/mol. The lowest BCUT2D eigenvalue weighted by Gasteiger charge is -2.31. The van der Waals surface area contributed by atoms with Crippen LogP contribution in [0.5, 0.6) is 17.2 Å². The molecule has 2 aromatic rings. The molecule has 0 spiro atoms.